The Bertz CT molecular complexity index is 69.3. The molecule has 0 heterocycles. The second-order valence-electron chi connectivity index (χ2n) is 2.99. The summed E-state index contributed by atoms with van der Waals surface area (Å²) in [6.07, 6.45) is 0.907. The molecule has 0 N–H and O–H groups in total. The number of hydrogen-bond donors (Lipinski definition) is 0. The lowest BCUT2D eigenvalue weighted by molar-refractivity contribution is 0.473. The van der Waals surface area contributed by atoms with Crippen molar-refractivity contribution in [3.8, 4) is 0 Å². The zero-order chi connectivity index (χ0) is 8.15. The normalized spacial score (nSPS) is 12.0. The van der Waals surface area contributed by atoms with Crippen LogP contribution in [-0.4, -0.2) is 12.1 Å². The molecule has 0 saturated heterocycles. The highest BCUT2D eigenvalue weighted by molar-refractivity contribution is 4.79. The van der Waals surface area contributed by atoms with Crippen molar-refractivity contribution >= 4 is 0 Å². The fourth-order valence-electron chi connectivity index (χ4n) is 0.781. The Morgan fingerprint density at radius 1 is 0.900 bits per heavy atom. The number of rotatable bonds is 4. The van der Waals surface area contributed by atoms with Crippen molar-refractivity contribution in [3.05, 3.63) is 6.17 Å². The molecule has 2 heteroatoms. The summed E-state index contributed by atoms with van der Waals surface area (Å²) in [7, 11) is 0. The van der Waals surface area contributed by atoms with Gasteiger partial charge < -0.3 is 0 Å². The number of hydrogen-bond acceptors (Lipinski definition) is 0. The van der Waals surface area contributed by atoms with Crippen molar-refractivity contribution in [1.29, 1.82) is 0 Å². The van der Waals surface area contributed by atoms with Gasteiger partial charge in [-0.25, -0.2) is 10.6 Å². The van der Waals surface area contributed by atoms with Crippen molar-refractivity contribution in [2.75, 3.05) is 0 Å². The number of nitrogens with zero attached hydrogens (tertiary/aromatic N) is 2. The van der Waals surface area contributed by atoms with Crippen LogP contribution in [0, 0.1) is 6.17 Å². The molecule has 0 aromatic carbocycles. The first kappa shape index (κ1) is 9.92. The largest absolute Gasteiger partial charge is 0.213 e. The monoisotopic (exact) mass is 141 g/mol. The van der Waals surface area contributed by atoms with Crippen LogP contribution in [0.3, 0.4) is 0 Å². The Morgan fingerprint density at radius 2 is 1.20 bits per heavy atom. The highest BCUT2D eigenvalue weighted by Crippen LogP contribution is 1.97. The summed E-state index contributed by atoms with van der Waals surface area (Å²) in [5.74, 6) is 0. The molecule has 59 valence electrons. The summed E-state index contributed by atoms with van der Waals surface area (Å²) in [5.41, 5.74) is 0. The van der Waals surface area contributed by atoms with E-state index in [1.807, 2.05) is 6.92 Å². The molecule has 0 aliphatic rings. The van der Waals surface area contributed by atoms with Gasteiger partial charge in [-0.15, -0.1) is 0 Å². The Hall–Kier alpha value is -0.0800. The van der Waals surface area contributed by atoms with Gasteiger partial charge in [0, 0.05) is 12.1 Å². The molecule has 0 bridgehead atoms. The quantitative estimate of drug-likeness (QED) is 0.568. The maximum absolute atomic E-state index is 4.27. The maximum atomic E-state index is 4.27. The molecule has 0 rings (SSSR count). The highest BCUT2D eigenvalue weighted by Gasteiger charge is 2.07. The summed E-state index contributed by atoms with van der Waals surface area (Å²) in [5, 5.41) is 8.54. The third-order valence-corrected chi connectivity index (χ3v) is 0.890. The standard InChI is InChI=1S/C8H17N2/c1-6(2)9-8(5)10-7(3)4/h6-7H,1-5H3. The minimum absolute atomic E-state index is 0.363. The predicted molar refractivity (Wildman–Crippen MR) is 43.5 cm³/mol. The Kier molecular flexibility index (Phi) is 4.65. The summed E-state index contributed by atoms with van der Waals surface area (Å²) in [4.78, 5) is 0. The van der Waals surface area contributed by atoms with Crippen LogP contribution in [0.15, 0.2) is 0 Å². The van der Waals surface area contributed by atoms with E-state index in [4.69, 9.17) is 0 Å². The molecule has 0 spiro atoms. The van der Waals surface area contributed by atoms with E-state index >= 15 is 0 Å². The first-order chi connectivity index (χ1) is 4.52. The van der Waals surface area contributed by atoms with E-state index in [9.17, 15) is 0 Å². The molecule has 0 fully saturated rings. The van der Waals surface area contributed by atoms with Crippen molar-refractivity contribution in [2.24, 2.45) is 0 Å². The lowest BCUT2D eigenvalue weighted by Crippen LogP contribution is -2.29. The summed E-state index contributed by atoms with van der Waals surface area (Å²) in [6.45, 7) is 10.2. The van der Waals surface area contributed by atoms with Crippen LogP contribution in [0.2, 0.25) is 0 Å². The van der Waals surface area contributed by atoms with Crippen molar-refractivity contribution in [3.63, 3.8) is 0 Å². The maximum Gasteiger partial charge on any atom is 0.132 e. The molecule has 2 nitrogen and oxygen atoms in total. The zero-order valence-corrected chi connectivity index (χ0v) is 7.55. The van der Waals surface area contributed by atoms with Gasteiger partial charge in [-0.05, 0) is 34.6 Å². The zero-order valence-electron chi connectivity index (χ0n) is 7.55. The van der Waals surface area contributed by atoms with E-state index < -0.39 is 0 Å². The van der Waals surface area contributed by atoms with Crippen LogP contribution in [0.4, 0.5) is 0 Å². The Balaban J connectivity index is 3.34. The van der Waals surface area contributed by atoms with Gasteiger partial charge in [0.25, 0.3) is 0 Å². The molecule has 0 amide bonds. The molecule has 0 aromatic rings. The SMILES string of the molecule is C[C]([N]C(C)C)[N]C(C)C. The third kappa shape index (κ3) is 6.05. The lowest BCUT2D eigenvalue weighted by Gasteiger charge is -2.14. The van der Waals surface area contributed by atoms with E-state index in [0.717, 1.165) is 6.17 Å². The molecule has 0 unspecified atom stereocenters. The minimum atomic E-state index is 0.363. The average Bonchev–Trinajstić information content (AvgIpc) is 1.58. The first-order valence-corrected chi connectivity index (χ1v) is 3.77. The van der Waals surface area contributed by atoms with Crippen molar-refractivity contribution in [2.45, 2.75) is 46.7 Å². The summed E-state index contributed by atoms with van der Waals surface area (Å²) >= 11 is 0. The van der Waals surface area contributed by atoms with E-state index in [2.05, 4.69) is 38.3 Å². The van der Waals surface area contributed by atoms with Gasteiger partial charge in [0.2, 0.25) is 0 Å². The fourth-order valence-corrected chi connectivity index (χ4v) is 0.781. The summed E-state index contributed by atoms with van der Waals surface area (Å²) in [6, 6.07) is 0.727. The van der Waals surface area contributed by atoms with Crippen LogP contribution in [0.5, 0.6) is 0 Å². The van der Waals surface area contributed by atoms with E-state index in [1.165, 1.54) is 0 Å². The molecule has 0 aliphatic carbocycles. The van der Waals surface area contributed by atoms with Crippen LogP contribution >= 0.6 is 0 Å². The van der Waals surface area contributed by atoms with Gasteiger partial charge in [-0.1, -0.05) is 0 Å². The highest BCUT2D eigenvalue weighted by atomic mass is 15.1. The Labute approximate surface area is 64.4 Å². The second kappa shape index (κ2) is 4.69. The van der Waals surface area contributed by atoms with Gasteiger partial charge in [0.05, 0.1) is 0 Å². The topological polar surface area (TPSA) is 28.2 Å². The minimum Gasteiger partial charge on any atom is -0.213 e. The lowest BCUT2D eigenvalue weighted by atomic mass is 10.3. The van der Waals surface area contributed by atoms with Gasteiger partial charge in [0.15, 0.2) is 0 Å². The third-order valence-electron chi connectivity index (χ3n) is 0.890. The molecule has 0 aliphatic heterocycles. The van der Waals surface area contributed by atoms with Crippen LogP contribution in [0.1, 0.15) is 34.6 Å². The van der Waals surface area contributed by atoms with E-state index in [0.29, 0.717) is 12.1 Å². The molecule has 3 radical (unpaired) electrons. The molecule has 0 atom stereocenters. The van der Waals surface area contributed by atoms with Crippen molar-refractivity contribution < 1.29 is 0 Å². The van der Waals surface area contributed by atoms with Gasteiger partial charge >= 0.3 is 0 Å². The van der Waals surface area contributed by atoms with Gasteiger partial charge in [-0.2, -0.15) is 0 Å². The molecule has 10 heavy (non-hydrogen) atoms. The summed E-state index contributed by atoms with van der Waals surface area (Å²) < 4.78 is 0. The van der Waals surface area contributed by atoms with Crippen molar-refractivity contribution in [1.82, 2.24) is 10.6 Å². The average molecular weight is 141 g/mol. The Morgan fingerprint density at radius 3 is 1.40 bits per heavy atom. The van der Waals surface area contributed by atoms with E-state index in [1.54, 1.807) is 0 Å². The molecule has 0 aromatic heterocycles. The molecule has 0 saturated carbocycles. The van der Waals surface area contributed by atoms with Crippen LogP contribution in [-0.2, 0) is 0 Å². The van der Waals surface area contributed by atoms with Crippen LogP contribution in [0.25, 0.3) is 0 Å². The first-order valence-electron chi connectivity index (χ1n) is 3.77. The van der Waals surface area contributed by atoms with Gasteiger partial charge in [0.1, 0.15) is 6.17 Å². The smallest absolute Gasteiger partial charge is 0.132 e. The molecular formula is C8H17N2. The van der Waals surface area contributed by atoms with Crippen LogP contribution < -0.4 is 10.6 Å². The second-order valence-corrected chi connectivity index (χ2v) is 2.99. The predicted octanol–water partition coefficient (Wildman–Crippen LogP) is 1.52. The molecular weight excluding hydrogens is 124 g/mol. The van der Waals surface area contributed by atoms with Gasteiger partial charge in [-0.3, -0.25) is 0 Å². The van der Waals surface area contributed by atoms with E-state index in [-0.39, 0.29) is 0 Å². The fraction of sp³-hybridized carbons (Fsp3) is 0.875.